The van der Waals surface area contributed by atoms with Gasteiger partial charge in [-0.1, -0.05) is 26.5 Å². The van der Waals surface area contributed by atoms with Crippen LogP contribution in [0, 0.1) is 0 Å². The lowest BCUT2D eigenvalue weighted by atomic mass is 9.96. The molecule has 0 spiro atoms. The molecule has 1 fully saturated rings. The van der Waals surface area contributed by atoms with Gasteiger partial charge in [-0.3, -0.25) is 4.79 Å². The van der Waals surface area contributed by atoms with E-state index in [0.717, 1.165) is 16.8 Å². The van der Waals surface area contributed by atoms with Gasteiger partial charge in [-0.25, -0.2) is 4.79 Å². The minimum Gasteiger partial charge on any atom is -0.459 e. The Kier molecular flexibility index (Phi) is 6.23. The Balaban J connectivity index is 2.11. The number of nitrogens with zero attached hydrogens (tertiary/aromatic N) is 2. The summed E-state index contributed by atoms with van der Waals surface area (Å²) in [6.45, 7) is 14.8. The van der Waals surface area contributed by atoms with Gasteiger partial charge >= 0.3 is 11.9 Å². The Hall–Kier alpha value is -2.30. The summed E-state index contributed by atoms with van der Waals surface area (Å²) in [4.78, 5) is 27.5. The van der Waals surface area contributed by atoms with Crippen molar-refractivity contribution in [1.82, 2.24) is 4.90 Å². The Morgan fingerprint density at radius 1 is 1.20 bits per heavy atom. The van der Waals surface area contributed by atoms with Crippen molar-refractivity contribution in [3.63, 3.8) is 0 Å². The fourth-order valence-electron chi connectivity index (χ4n) is 3.00. The van der Waals surface area contributed by atoms with Crippen molar-refractivity contribution in [2.24, 2.45) is 0 Å². The molecule has 0 unspecified atom stereocenters. The summed E-state index contributed by atoms with van der Waals surface area (Å²) < 4.78 is 4.80. The molecule has 0 atom stereocenters. The van der Waals surface area contributed by atoms with Crippen LogP contribution in [0.3, 0.4) is 0 Å². The van der Waals surface area contributed by atoms with Crippen LogP contribution in [-0.2, 0) is 14.3 Å². The van der Waals surface area contributed by atoms with Crippen molar-refractivity contribution in [2.75, 3.05) is 37.7 Å². The van der Waals surface area contributed by atoms with Gasteiger partial charge in [0.2, 0.25) is 0 Å². The molecule has 5 heteroatoms. The van der Waals surface area contributed by atoms with E-state index in [9.17, 15) is 9.59 Å². The number of benzene rings is 1. The van der Waals surface area contributed by atoms with Gasteiger partial charge in [-0.15, -0.1) is 0 Å². The third-order valence-electron chi connectivity index (χ3n) is 4.50. The van der Waals surface area contributed by atoms with E-state index >= 15 is 0 Å². The number of carbonyl (C=O) groups is 2. The first-order chi connectivity index (χ1) is 11.8. The normalized spacial score (nSPS) is 14.6. The van der Waals surface area contributed by atoms with Gasteiger partial charge in [-0.05, 0) is 43.0 Å². The number of ether oxygens (including phenoxy) is 1. The predicted molar refractivity (Wildman–Crippen MR) is 101 cm³/mol. The first-order valence-electron chi connectivity index (χ1n) is 8.86. The van der Waals surface area contributed by atoms with Crippen LogP contribution in [0.4, 0.5) is 5.69 Å². The van der Waals surface area contributed by atoms with Crippen LogP contribution in [-0.4, -0.2) is 49.6 Å². The molecule has 25 heavy (non-hydrogen) atoms. The third kappa shape index (κ3) is 4.41. The maximum atomic E-state index is 12.0. The third-order valence-corrected chi connectivity index (χ3v) is 4.50. The summed E-state index contributed by atoms with van der Waals surface area (Å²) in [5.41, 5.74) is 4.61. The molecular formula is C20H28N2O3. The van der Waals surface area contributed by atoms with Crippen LogP contribution in [0.15, 0.2) is 24.8 Å². The molecule has 1 aromatic rings. The number of rotatable bonds is 4. The second kappa shape index (κ2) is 8.19. The van der Waals surface area contributed by atoms with E-state index in [1.807, 2.05) is 6.92 Å². The average molecular weight is 344 g/mol. The van der Waals surface area contributed by atoms with Crippen LogP contribution in [0.2, 0.25) is 0 Å². The van der Waals surface area contributed by atoms with Gasteiger partial charge < -0.3 is 14.5 Å². The zero-order valence-corrected chi connectivity index (χ0v) is 15.7. The maximum Gasteiger partial charge on any atom is 0.397 e. The topological polar surface area (TPSA) is 49.9 Å². The van der Waals surface area contributed by atoms with E-state index in [4.69, 9.17) is 4.74 Å². The zero-order chi connectivity index (χ0) is 18.6. The van der Waals surface area contributed by atoms with Crippen LogP contribution in [0.1, 0.15) is 44.7 Å². The van der Waals surface area contributed by atoms with E-state index in [-0.39, 0.29) is 6.61 Å². The van der Waals surface area contributed by atoms with Crippen molar-refractivity contribution in [3.8, 4) is 0 Å². The lowest BCUT2D eigenvalue weighted by molar-refractivity contribution is -0.160. The molecule has 1 aromatic carbocycles. The smallest absolute Gasteiger partial charge is 0.397 e. The molecule has 0 aliphatic carbocycles. The summed E-state index contributed by atoms with van der Waals surface area (Å²) in [5.74, 6) is -0.845. The quantitative estimate of drug-likeness (QED) is 0.622. The van der Waals surface area contributed by atoms with Gasteiger partial charge in [0.1, 0.15) is 0 Å². The van der Waals surface area contributed by atoms with Gasteiger partial charge in [0, 0.05) is 37.4 Å². The maximum absolute atomic E-state index is 12.0. The lowest BCUT2D eigenvalue weighted by Crippen LogP contribution is -2.51. The molecule has 0 N–H and O–H groups in total. The number of carbonyl (C=O) groups excluding carboxylic acids is 2. The molecule has 136 valence electrons. The predicted octanol–water partition coefficient (Wildman–Crippen LogP) is 3.05. The molecule has 1 saturated heterocycles. The number of esters is 1. The monoisotopic (exact) mass is 344 g/mol. The Morgan fingerprint density at radius 3 is 2.36 bits per heavy atom. The molecule has 1 aliphatic rings. The SMILES string of the molecule is C=C(C)c1cc(C(C)C)ccc1N1CCN(C(=O)C(=O)OCC)CC1. The molecule has 2 rings (SSSR count). The fourth-order valence-corrected chi connectivity index (χ4v) is 3.00. The summed E-state index contributed by atoms with van der Waals surface area (Å²) in [6, 6.07) is 6.50. The molecule has 5 nitrogen and oxygen atoms in total. The largest absolute Gasteiger partial charge is 0.459 e. The van der Waals surface area contributed by atoms with Crippen LogP contribution in [0.5, 0.6) is 0 Å². The van der Waals surface area contributed by atoms with Crippen molar-refractivity contribution in [3.05, 3.63) is 35.9 Å². The van der Waals surface area contributed by atoms with Gasteiger partial charge in [0.15, 0.2) is 0 Å². The van der Waals surface area contributed by atoms with Crippen LogP contribution >= 0.6 is 0 Å². The molecule has 1 heterocycles. The number of hydrogen-bond acceptors (Lipinski definition) is 4. The minimum atomic E-state index is -0.764. The standard InChI is InChI=1S/C20H28N2O3/c1-6-25-20(24)19(23)22-11-9-21(10-12-22)18-8-7-16(14(2)3)13-17(18)15(4)5/h7-8,13-14H,4,6,9-12H2,1-3,5H3. The highest BCUT2D eigenvalue weighted by atomic mass is 16.5. The van der Waals surface area contributed by atoms with E-state index in [2.05, 4.69) is 43.5 Å². The lowest BCUT2D eigenvalue weighted by Gasteiger charge is -2.36. The number of anilines is 1. The number of piperazine rings is 1. The van der Waals surface area contributed by atoms with Gasteiger partial charge in [-0.2, -0.15) is 0 Å². The van der Waals surface area contributed by atoms with Crippen LogP contribution in [0.25, 0.3) is 5.57 Å². The average Bonchev–Trinajstić information content (AvgIpc) is 2.60. The fraction of sp³-hybridized carbons (Fsp3) is 0.500. The Morgan fingerprint density at radius 2 is 1.84 bits per heavy atom. The van der Waals surface area contributed by atoms with Crippen molar-refractivity contribution in [2.45, 2.75) is 33.6 Å². The van der Waals surface area contributed by atoms with Gasteiger partial charge in [0.05, 0.1) is 6.61 Å². The highest BCUT2D eigenvalue weighted by molar-refractivity contribution is 6.32. The first-order valence-corrected chi connectivity index (χ1v) is 8.86. The Bertz CT molecular complexity index is 659. The van der Waals surface area contributed by atoms with Gasteiger partial charge in [0.25, 0.3) is 0 Å². The zero-order valence-electron chi connectivity index (χ0n) is 15.7. The summed E-state index contributed by atoms with van der Waals surface area (Å²) in [5, 5.41) is 0. The number of hydrogen-bond donors (Lipinski definition) is 0. The molecule has 0 aromatic heterocycles. The molecule has 1 aliphatic heterocycles. The van der Waals surface area contributed by atoms with E-state index in [0.29, 0.717) is 32.1 Å². The van der Waals surface area contributed by atoms with Crippen molar-refractivity contribution >= 4 is 23.1 Å². The second-order valence-corrected chi connectivity index (χ2v) is 6.71. The number of allylic oxidation sites excluding steroid dienone is 1. The highest BCUT2D eigenvalue weighted by Crippen LogP contribution is 2.30. The minimum absolute atomic E-state index is 0.217. The van der Waals surface area contributed by atoms with Crippen molar-refractivity contribution in [1.29, 1.82) is 0 Å². The van der Waals surface area contributed by atoms with E-state index in [1.165, 1.54) is 5.56 Å². The molecule has 0 radical (unpaired) electrons. The molecular weight excluding hydrogens is 316 g/mol. The second-order valence-electron chi connectivity index (χ2n) is 6.71. The van der Waals surface area contributed by atoms with E-state index in [1.54, 1.807) is 11.8 Å². The van der Waals surface area contributed by atoms with Crippen LogP contribution < -0.4 is 4.90 Å². The van der Waals surface area contributed by atoms with E-state index < -0.39 is 11.9 Å². The molecule has 0 saturated carbocycles. The number of amides is 1. The molecule has 0 bridgehead atoms. The summed E-state index contributed by atoms with van der Waals surface area (Å²) in [6.07, 6.45) is 0. The highest BCUT2D eigenvalue weighted by Gasteiger charge is 2.27. The molecule has 1 amide bonds. The van der Waals surface area contributed by atoms with Crippen molar-refractivity contribution < 1.29 is 14.3 Å². The summed E-state index contributed by atoms with van der Waals surface area (Å²) in [7, 11) is 0. The Labute approximate surface area is 150 Å². The summed E-state index contributed by atoms with van der Waals surface area (Å²) >= 11 is 0. The first kappa shape index (κ1) is 19.0.